The van der Waals surface area contributed by atoms with Crippen molar-refractivity contribution in [1.82, 2.24) is 0 Å². The van der Waals surface area contributed by atoms with Gasteiger partial charge in [0.1, 0.15) is 5.75 Å². The normalized spacial score (nSPS) is 10.5. The largest absolute Gasteiger partial charge is 0.508 e. The monoisotopic (exact) mass is 269 g/mol. The van der Waals surface area contributed by atoms with Gasteiger partial charge in [0.2, 0.25) is 0 Å². The van der Waals surface area contributed by atoms with E-state index in [1.807, 2.05) is 29.6 Å². The Labute approximate surface area is 114 Å². The second-order valence-corrected chi connectivity index (χ2v) is 5.06. The van der Waals surface area contributed by atoms with E-state index in [9.17, 15) is 9.90 Å². The number of amides is 1. The van der Waals surface area contributed by atoms with Crippen molar-refractivity contribution in [3.63, 3.8) is 0 Å². The molecule has 0 atom stereocenters. The van der Waals surface area contributed by atoms with Crippen LogP contribution in [0.2, 0.25) is 0 Å². The lowest BCUT2D eigenvalue weighted by Gasteiger charge is -2.04. The molecule has 0 saturated carbocycles. The van der Waals surface area contributed by atoms with Crippen LogP contribution in [0.5, 0.6) is 5.75 Å². The van der Waals surface area contributed by atoms with Crippen LogP contribution >= 0.6 is 11.3 Å². The standard InChI is InChI=1S/C15H11NO2S/c17-11-5-3-4-10(8-11)16-15(18)13-9-19-14-7-2-1-6-12(13)14/h1-9,17H,(H,16,18). The second kappa shape index (κ2) is 4.74. The molecule has 0 bridgehead atoms. The van der Waals surface area contributed by atoms with Crippen molar-refractivity contribution in [2.45, 2.75) is 0 Å². The van der Waals surface area contributed by atoms with Crippen molar-refractivity contribution in [2.24, 2.45) is 0 Å². The van der Waals surface area contributed by atoms with E-state index in [2.05, 4.69) is 5.32 Å². The molecular weight excluding hydrogens is 258 g/mol. The number of rotatable bonds is 2. The highest BCUT2D eigenvalue weighted by molar-refractivity contribution is 7.17. The summed E-state index contributed by atoms with van der Waals surface area (Å²) in [5, 5.41) is 15.0. The smallest absolute Gasteiger partial charge is 0.257 e. The Morgan fingerprint density at radius 2 is 1.95 bits per heavy atom. The van der Waals surface area contributed by atoms with Crippen LogP contribution in [0.25, 0.3) is 10.1 Å². The van der Waals surface area contributed by atoms with Crippen molar-refractivity contribution in [1.29, 1.82) is 0 Å². The van der Waals surface area contributed by atoms with Gasteiger partial charge in [0.05, 0.1) is 5.56 Å². The summed E-state index contributed by atoms with van der Waals surface area (Å²) in [5.74, 6) is -0.0315. The van der Waals surface area contributed by atoms with Crippen LogP contribution in [0.4, 0.5) is 5.69 Å². The fourth-order valence-electron chi connectivity index (χ4n) is 1.94. The molecule has 0 aliphatic heterocycles. The minimum atomic E-state index is -0.164. The molecule has 3 nitrogen and oxygen atoms in total. The number of aromatic hydroxyl groups is 1. The summed E-state index contributed by atoms with van der Waals surface area (Å²) >= 11 is 1.55. The molecule has 19 heavy (non-hydrogen) atoms. The maximum absolute atomic E-state index is 12.2. The maximum Gasteiger partial charge on any atom is 0.257 e. The zero-order valence-electron chi connectivity index (χ0n) is 9.96. The highest BCUT2D eigenvalue weighted by Crippen LogP contribution is 2.26. The molecule has 0 aliphatic rings. The number of phenols is 1. The molecule has 2 aromatic carbocycles. The van der Waals surface area contributed by atoms with E-state index in [-0.39, 0.29) is 11.7 Å². The molecule has 3 rings (SSSR count). The topological polar surface area (TPSA) is 49.3 Å². The van der Waals surface area contributed by atoms with Gasteiger partial charge in [-0.2, -0.15) is 0 Å². The van der Waals surface area contributed by atoms with Crippen molar-refractivity contribution < 1.29 is 9.90 Å². The second-order valence-electron chi connectivity index (χ2n) is 4.15. The molecule has 0 radical (unpaired) electrons. The number of carbonyl (C=O) groups excluding carboxylic acids is 1. The third kappa shape index (κ3) is 2.30. The Hall–Kier alpha value is -2.33. The van der Waals surface area contributed by atoms with Crippen molar-refractivity contribution in [2.75, 3.05) is 5.32 Å². The third-order valence-corrected chi connectivity index (χ3v) is 3.79. The SMILES string of the molecule is O=C(Nc1cccc(O)c1)c1csc2ccccc12. The highest BCUT2D eigenvalue weighted by atomic mass is 32.1. The molecule has 0 unspecified atom stereocenters. The summed E-state index contributed by atoms with van der Waals surface area (Å²) in [6.45, 7) is 0. The van der Waals surface area contributed by atoms with Crippen molar-refractivity contribution in [3.05, 3.63) is 59.5 Å². The number of hydrogen-bond donors (Lipinski definition) is 2. The van der Waals surface area contributed by atoms with Crippen LogP contribution in [0.1, 0.15) is 10.4 Å². The van der Waals surface area contributed by atoms with Crippen LogP contribution in [-0.4, -0.2) is 11.0 Å². The van der Waals surface area contributed by atoms with E-state index < -0.39 is 0 Å². The van der Waals surface area contributed by atoms with Gasteiger partial charge in [0.25, 0.3) is 5.91 Å². The predicted octanol–water partition coefficient (Wildman–Crippen LogP) is 3.86. The molecule has 0 spiro atoms. The van der Waals surface area contributed by atoms with Gasteiger partial charge < -0.3 is 10.4 Å². The minimum absolute atomic E-state index is 0.132. The lowest BCUT2D eigenvalue weighted by Crippen LogP contribution is -2.10. The Morgan fingerprint density at radius 3 is 2.79 bits per heavy atom. The molecule has 0 aliphatic carbocycles. The predicted molar refractivity (Wildman–Crippen MR) is 77.9 cm³/mol. The van der Waals surface area contributed by atoms with Gasteiger partial charge in [0.15, 0.2) is 0 Å². The van der Waals surface area contributed by atoms with Gasteiger partial charge in [-0.3, -0.25) is 4.79 Å². The number of thiophene rings is 1. The molecule has 94 valence electrons. The van der Waals surface area contributed by atoms with Gasteiger partial charge in [-0.15, -0.1) is 11.3 Å². The summed E-state index contributed by atoms with van der Waals surface area (Å²) in [6, 6.07) is 14.3. The molecular formula is C15H11NO2S. The number of phenolic OH excluding ortho intramolecular Hbond substituents is 1. The minimum Gasteiger partial charge on any atom is -0.508 e. The van der Waals surface area contributed by atoms with Crippen LogP contribution < -0.4 is 5.32 Å². The van der Waals surface area contributed by atoms with E-state index in [0.717, 1.165) is 10.1 Å². The summed E-state index contributed by atoms with van der Waals surface area (Å²) < 4.78 is 1.09. The first kappa shape index (κ1) is 11.7. The molecule has 4 heteroatoms. The average molecular weight is 269 g/mol. The van der Waals surface area contributed by atoms with E-state index in [4.69, 9.17) is 0 Å². The van der Waals surface area contributed by atoms with Crippen LogP contribution in [0, 0.1) is 0 Å². The number of anilines is 1. The molecule has 1 heterocycles. The number of fused-ring (bicyclic) bond motifs is 1. The first-order valence-corrected chi connectivity index (χ1v) is 6.68. The van der Waals surface area contributed by atoms with Gasteiger partial charge in [-0.05, 0) is 18.2 Å². The van der Waals surface area contributed by atoms with Gasteiger partial charge in [-0.25, -0.2) is 0 Å². The molecule has 0 saturated heterocycles. The summed E-state index contributed by atoms with van der Waals surface area (Å²) in [4.78, 5) is 12.2. The number of benzene rings is 2. The van der Waals surface area contributed by atoms with Gasteiger partial charge in [-0.1, -0.05) is 24.3 Å². The average Bonchev–Trinajstić information content (AvgIpc) is 2.82. The Kier molecular flexibility index (Phi) is 2.93. The van der Waals surface area contributed by atoms with Gasteiger partial charge in [0, 0.05) is 27.2 Å². The van der Waals surface area contributed by atoms with E-state index in [1.54, 1.807) is 29.5 Å². The van der Waals surface area contributed by atoms with E-state index >= 15 is 0 Å². The molecule has 3 aromatic rings. The zero-order chi connectivity index (χ0) is 13.2. The molecule has 1 amide bonds. The van der Waals surface area contributed by atoms with Gasteiger partial charge >= 0.3 is 0 Å². The zero-order valence-corrected chi connectivity index (χ0v) is 10.8. The summed E-state index contributed by atoms with van der Waals surface area (Å²) in [6.07, 6.45) is 0. The van der Waals surface area contributed by atoms with Crippen LogP contribution in [0.3, 0.4) is 0 Å². The summed E-state index contributed by atoms with van der Waals surface area (Å²) in [7, 11) is 0. The maximum atomic E-state index is 12.2. The third-order valence-electron chi connectivity index (χ3n) is 2.83. The summed E-state index contributed by atoms with van der Waals surface area (Å²) in [5.41, 5.74) is 1.24. The lowest BCUT2D eigenvalue weighted by atomic mass is 10.1. The lowest BCUT2D eigenvalue weighted by molar-refractivity contribution is 0.102. The molecule has 2 N–H and O–H groups in total. The van der Waals surface area contributed by atoms with Crippen LogP contribution in [-0.2, 0) is 0 Å². The number of carbonyl (C=O) groups is 1. The first-order chi connectivity index (χ1) is 9.24. The first-order valence-electron chi connectivity index (χ1n) is 5.80. The highest BCUT2D eigenvalue weighted by Gasteiger charge is 2.12. The molecule has 0 fully saturated rings. The fraction of sp³-hybridized carbons (Fsp3) is 0. The van der Waals surface area contributed by atoms with Crippen LogP contribution in [0.15, 0.2) is 53.9 Å². The number of hydrogen-bond acceptors (Lipinski definition) is 3. The number of nitrogens with one attached hydrogen (secondary N) is 1. The van der Waals surface area contributed by atoms with Crippen molar-refractivity contribution >= 4 is 33.0 Å². The van der Waals surface area contributed by atoms with Crippen molar-refractivity contribution in [3.8, 4) is 5.75 Å². The Balaban J connectivity index is 1.92. The fourth-order valence-corrected chi connectivity index (χ4v) is 2.88. The Bertz CT molecular complexity index is 748. The Morgan fingerprint density at radius 1 is 1.11 bits per heavy atom. The van der Waals surface area contributed by atoms with E-state index in [0.29, 0.717) is 11.3 Å². The molecule has 1 aromatic heterocycles. The quantitative estimate of drug-likeness (QED) is 0.742. The van der Waals surface area contributed by atoms with E-state index in [1.165, 1.54) is 6.07 Å².